The van der Waals surface area contributed by atoms with Gasteiger partial charge in [0.25, 0.3) is 5.91 Å². The van der Waals surface area contributed by atoms with Crippen LogP contribution in [0.25, 0.3) is 0 Å². The molecule has 0 aliphatic carbocycles. The zero-order chi connectivity index (χ0) is 20.7. The fourth-order valence-corrected chi connectivity index (χ4v) is 2.45. The zero-order valence-corrected chi connectivity index (χ0v) is 17.3. The maximum Gasteiger partial charge on any atom is 0.253 e. The van der Waals surface area contributed by atoms with Gasteiger partial charge in [0, 0.05) is 16.8 Å². The fraction of sp³-hybridized carbons (Fsp3) is 0.222. The van der Waals surface area contributed by atoms with Crippen molar-refractivity contribution in [1.82, 2.24) is 15.6 Å². The van der Waals surface area contributed by atoms with Gasteiger partial charge < -0.3 is 10.6 Å². The van der Waals surface area contributed by atoms with E-state index in [0.29, 0.717) is 16.3 Å². The van der Waals surface area contributed by atoms with Gasteiger partial charge in [0.05, 0.1) is 11.9 Å². The number of nitrogens with one attached hydrogen (secondary N) is 3. The van der Waals surface area contributed by atoms with Gasteiger partial charge in [-0.3, -0.25) is 15.1 Å². The summed E-state index contributed by atoms with van der Waals surface area (Å²) in [6, 6.07) is 8.10. The van der Waals surface area contributed by atoms with Crippen LogP contribution in [0.3, 0.4) is 0 Å². The molecule has 1 unspecified atom stereocenters. The van der Waals surface area contributed by atoms with E-state index < -0.39 is 16.4 Å². The van der Waals surface area contributed by atoms with E-state index in [0.717, 1.165) is 5.56 Å². The summed E-state index contributed by atoms with van der Waals surface area (Å²) in [5.41, 5.74) is 1.86. The number of aryl methyl sites for hydroxylation is 1. The number of pyridine rings is 1. The normalized spacial score (nSPS) is 12.6. The highest BCUT2D eigenvalue weighted by molar-refractivity contribution is 6.48. The smallest absolute Gasteiger partial charge is 0.253 e. The molecule has 2 aromatic rings. The van der Waals surface area contributed by atoms with Crippen molar-refractivity contribution in [3.63, 3.8) is 0 Å². The van der Waals surface area contributed by atoms with Crippen LogP contribution in [-0.2, 0) is 0 Å². The predicted octanol–water partition coefficient (Wildman–Crippen LogP) is 3.83. The summed E-state index contributed by atoms with van der Waals surface area (Å²) in [6.07, 6.45) is 3.95. The molecule has 0 fully saturated rings. The lowest BCUT2D eigenvalue weighted by atomic mass is 10.2. The van der Waals surface area contributed by atoms with Crippen molar-refractivity contribution in [2.45, 2.75) is 24.3 Å². The quantitative estimate of drug-likeness (QED) is 0.216. The summed E-state index contributed by atoms with van der Waals surface area (Å²) in [7, 11) is 0. The van der Waals surface area contributed by atoms with Gasteiger partial charge in [-0.15, -0.1) is 0 Å². The second-order valence-electron chi connectivity index (χ2n) is 5.93. The molecule has 0 radical (unpaired) electrons. The van der Waals surface area contributed by atoms with E-state index in [1.54, 1.807) is 42.9 Å². The molecule has 1 heterocycles. The Hall–Kier alpha value is -2.53. The lowest BCUT2D eigenvalue weighted by molar-refractivity contribution is 0.0935. The van der Waals surface area contributed by atoms with Crippen LogP contribution in [-0.4, -0.2) is 27.3 Å². The Morgan fingerprint density at radius 2 is 1.96 bits per heavy atom. The second-order valence-corrected chi connectivity index (χ2v) is 8.13. The maximum atomic E-state index is 12.5. The number of rotatable bonds is 5. The number of guanidine groups is 1. The fourth-order valence-electron chi connectivity index (χ4n) is 2.12. The van der Waals surface area contributed by atoms with Gasteiger partial charge in [-0.2, -0.15) is 5.26 Å². The molecule has 28 heavy (non-hydrogen) atoms. The van der Waals surface area contributed by atoms with Gasteiger partial charge >= 0.3 is 0 Å². The molecule has 10 heteroatoms. The topological polar surface area (TPSA) is 102 Å². The Morgan fingerprint density at radius 1 is 1.29 bits per heavy atom. The van der Waals surface area contributed by atoms with Crippen molar-refractivity contribution in [3.05, 3.63) is 58.9 Å². The molecule has 3 N–H and O–H groups in total. The summed E-state index contributed by atoms with van der Waals surface area (Å²) in [5, 5.41) is 17.5. The van der Waals surface area contributed by atoms with Crippen LogP contribution in [0.2, 0.25) is 5.02 Å². The molecule has 0 spiro atoms. The number of aliphatic imine (C=N–C) groups is 1. The van der Waals surface area contributed by atoms with E-state index in [4.69, 9.17) is 40.1 Å². The molecule has 0 saturated carbocycles. The van der Waals surface area contributed by atoms with Gasteiger partial charge in [0.1, 0.15) is 0 Å². The van der Waals surface area contributed by atoms with Gasteiger partial charge in [0.15, 0.2) is 16.7 Å². The second kappa shape index (κ2) is 9.60. The Kier molecular flexibility index (Phi) is 7.46. The van der Waals surface area contributed by atoms with E-state index >= 15 is 0 Å². The minimum Gasteiger partial charge on any atom is -0.328 e. The highest BCUT2D eigenvalue weighted by Gasteiger charge is 2.32. The third-order valence-corrected chi connectivity index (χ3v) is 4.09. The molecule has 7 nitrogen and oxygen atoms in total. The number of aromatic nitrogens is 1. The van der Waals surface area contributed by atoms with Crippen LogP contribution in [0, 0.1) is 18.4 Å². The largest absolute Gasteiger partial charge is 0.328 e. The standard InChI is InChI=1S/C18H17Cl3N6O/c1-11-7-14(9-23-8-11)25-17(24-10-22)27-16(18(2,20)21)26-15(28)12-3-5-13(19)6-4-12/h3-9,16H,1-2H3,(H,26,28)(H2,24,25,27). The number of hydrogen-bond donors (Lipinski definition) is 3. The molecule has 0 saturated heterocycles. The molecule has 1 aromatic carbocycles. The number of anilines is 1. The zero-order valence-electron chi connectivity index (χ0n) is 15.0. The average molecular weight is 440 g/mol. The molecular formula is C18H17Cl3N6O. The third-order valence-electron chi connectivity index (χ3n) is 3.42. The van der Waals surface area contributed by atoms with Gasteiger partial charge in [0.2, 0.25) is 5.96 Å². The van der Waals surface area contributed by atoms with Crippen molar-refractivity contribution in [2.75, 3.05) is 5.32 Å². The van der Waals surface area contributed by atoms with Gasteiger partial charge in [-0.25, -0.2) is 4.99 Å². The molecule has 1 aromatic heterocycles. The Balaban J connectivity index is 2.27. The van der Waals surface area contributed by atoms with Crippen molar-refractivity contribution < 1.29 is 4.79 Å². The van der Waals surface area contributed by atoms with Crippen molar-refractivity contribution in [2.24, 2.45) is 4.99 Å². The minimum atomic E-state index is -1.46. The summed E-state index contributed by atoms with van der Waals surface area (Å²) in [5.74, 6) is -0.407. The number of carbonyl (C=O) groups is 1. The Morgan fingerprint density at radius 3 is 2.54 bits per heavy atom. The van der Waals surface area contributed by atoms with Crippen molar-refractivity contribution >= 4 is 52.4 Å². The highest BCUT2D eigenvalue weighted by Crippen LogP contribution is 2.26. The van der Waals surface area contributed by atoms with E-state index in [9.17, 15) is 4.79 Å². The van der Waals surface area contributed by atoms with E-state index in [-0.39, 0.29) is 5.96 Å². The molecule has 0 bridgehead atoms. The SMILES string of the molecule is Cc1cncc(NC(=NC(NC(=O)c2ccc(Cl)cc2)C(C)(Cl)Cl)NC#N)c1. The number of halogens is 3. The first-order valence-electron chi connectivity index (χ1n) is 8.05. The lowest BCUT2D eigenvalue weighted by Gasteiger charge is -2.25. The van der Waals surface area contributed by atoms with Crippen LogP contribution in [0.4, 0.5) is 5.69 Å². The number of hydrogen-bond acceptors (Lipinski definition) is 4. The number of alkyl halides is 2. The van der Waals surface area contributed by atoms with Crippen LogP contribution < -0.4 is 16.0 Å². The lowest BCUT2D eigenvalue weighted by Crippen LogP contribution is -2.45. The van der Waals surface area contributed by atoms with Crippen LogP contribution in [0.1, 0.15) is 22.8 Å². The number of nitrogens with zero attached hydrogens (tertiary/aromatic N) is 3. The van der Waals surface area contributed by atoms with E-state index in [2.05, 4.69) is 25.9 Å². The van der Waals surface area contributed by atoms with Crippen LogP contribution in [0.15, 0.2) is 47.7 Å². The van der Waals surface area contributed by atoms with Gasteiger partial charge in [-0.05, 0) is 49.7 Å². The first kappa shape index (κ1) is 21.8. The molecule has 0 aliphatic heterocycles. The van der Waals surface area contributed by atoms with Crippen LogP contribution >= 0.6 is 34.8 Å². The van der Waals surface area contributed by atoms with E-state index in [1.165, 1.54) is 6.92 Å². The molecule has 1 amide bonds. The van der Waals surface area contributed by atoms with Crippen molar-refractivity contribution in [3.8, 4) is 6.19 Å². The molecule has 0 aliphatic rings. The number of carbonyl (C=O) groups excluding carboxylic acids is 1. The first-order valence-corrected chi connectivity index (χ1v) is 9.18. The van der Waals surface area contributed by atoms with Crippen molar-refractivity contribution in [1.29, 1.82) is 5.26 Å². The molecule has 146 valence electrons. The number of amides is 1. The number of nitriles is 1. The Labute approximate surface area is 177 Å². The predicted molar refractivity (Wildman–Crippen MR) is 112 cm³/mol. The number of benzene rings is 1. The maximum absolute atomic E-state index is 12.5. The molecular weight excluding hydrogens is 423 g/mol. The van der Waals surface area contributed by atoms with E-state index in [1.807, 2.05) is 13.0 Å². The molecule has 2 rings (SSSR count). The van der Waals surface area contributed by atoms with Gasteiger partial charge in [-0.1, -0.05) is 34.8 Å². The average Bonchev–Trinajstić information content (AvgIpc) is 2.61. The summed E-state index contributed by atoms with van der Waals surface area (Å²) in [6.45, 7) is 3.35. The Bertz CT molecular complexity index is 903. The summed E-state index contributed by atoms with van der Waals surface area (Å²) >= 11 is 18.2. The minimum absolute atomic E-state index is 0.0452. The monoisotopic (exact) mass is 438 g/mol. The first-order chi connectivity index (χ1) is 13.2. The third kappa shape index (κ3) is 6.57. The summed E-state index contributed by atoms with van der Waals surface area (Å²) < 4.78 is -1.46. The highest BCUT2D eigenvalue weighted by atomic mass is 35.5. The molecule has 1 atom stereocenters. The summed E-state index contributed by atoms with van der Waals surface area (Å²) in [4.78, 5) is 20.8. The van der Waals surface area contributed by atoms with Crippen LogP contribution in [0.5, 0.6) is 0 Å².